The minimum Gasteiger partial charge on any atom is -0.378 e. The second-order valence-electron chi connectivity index (χ2n) is 9.10. The third-order valence-corrected chi connectivity index (χ3v) is 6.87. The summed E-state index contributed by atoms with van der Waals surface area (Å²) in [6.45, 7) is 5.01. The van der Waals surface area contributed by atoms with E-state index >= 15 is 0 Å². The number of pyridine rings is 2. The summed E-state index contributed by atoms with van der Waals surface area (Å²) in [7, 11) is 1.59. The molecule has 2 aromatic carbocycles. The molecule has 0 N–H and O–H groups in total. The van der Waals surface area contributed by atoms with Gasteiger partial charge in [-0.15, -0.1) is 0 Å². The number of benzene rings is 2. The summed E-state index contributed by atoms with van der Waals surface area (Å²) in [5.74, 6) is 0.664. The largest absolute Gasteiger partial charge is 0.378 e. The number of anilines is 1. The summed E-state index contributed by atoms with van der Waals surface area (Å²) in [5.41, 5.74) is 2.49. The molecule has 0 atom stereocenters. The van der Waals surface area contributed by atoms with Crippen LogP contribution in [0.15, 0.2) is 77.7 Å². The quantitative estimate of drug-likeness (QED) is 0.418. The molecule has 3 heterocycles. The predicted octanol–water partition coefficient (Wildman–Crippen LogP) is 3.86. The molecule has 0 unspecified atom stereocenters. The molecule has 4 aromatic rings. The van der Waals surface area contributed by atoms with E-state index in [1.165, 1.54) is 0 Å². The minimum absolute atomic E-state index is 0.177. The molecule has 1 fully saturated rings. The fourth-order valence-electron chi connectivity index (χ4n) is 5.00. The van der Waals surface area contributed by atoms with E-state index in [0.29, 0.717) is 38.4 Å². The Labute approximate surface area is 210 Å². The highest BCUT2D eigenvalue weighted by Crippen LogP contribution is 2.22. The Morgan fingerprint density at radius 1 is 0.972 bits per heavy atom. The standard InChI is InChI=1S/C29H30N4O3/c1-21-18-26(34)28(29(35)32-16-14-31(15-17-32)27-12-5-6-13-30-27)25(20-36-2)33(21)19-23-10-7-9-22-8-3-4-11-24(22)23/h3-13,18H,14-17,19-20H2,1-2H3. The lowest BCUT2D eigenvalue weighted by Crippen LogP contribution is -2.50. The molecule has 0 saturated carbocycles. The molecule has 0 bridgehead atoms. The van der Waals surface area contributed by atoms with Gasteiger partial charge in [-0.2, -0.15) is 0 Å². The average Bonchev–Trinajstić information content (AvgIpc) is 2.91. The number of aryl methyl sites for hydroxylation is 1. The van der Waals surface area contributed by atoms with Gasteiger partial charge in [0.1, 0.15) is 11.4 Å². The number of carbonyl (C=O) groups is 1. The Morgan fingerprint density at radius 3 is 2.47 bits per heavy atom. The van der Waals surface area contributed by atoms with E-state index in [1.54, 1.807) is 24.3 Å². The van der Waals surface area contributed by atoms with E-state index in [1.807, 2.05) is 47.9 Å². The first kappa shape index (κ1) is 23.8. The second-order valence-corrected chi connectivity index (χ2v) is 9.10. The zero-order valence-electron chi connectivity index (χ0n) is 20.7. The molecule has 36 heavy (non-hydrogen) atoms. The number of ether oxygens (including phenoxy) is 1. The van der Waals surface area contributed by atoms with Gasteiger partial charge in [0.05, 0.1) is 12.3 Å². The van der Waals surface area contributed by atoms with Crippen molar-refractivity contribution >= 4 is 22.5 Å². The number of amides is 1. The van der Waals surface area contributed by atoms with E-state index < -0.39 is 0 Å². The zero-order valence-corrected chi connectivity index (χ0v) is 20.7. The van der Waals surface area contributed by atoms with Gasteiger partial charge in [-0.25, -0.2) is 4.98 Å². The van der Waals surface area contributed by atoms with E-state index in [-0.39, 0.29) is 23.5 Å². The lowest BCUT2D eigenvalue weighted by Gasteiger charge is -2.35. The van der Waals surface area contributed by atoms with Gasteiger partial charge in [0.25, 0.3) is 5.91 Å². The van der Waals surface area contributed by atoms with E-state index in [2.05, 4.69) is 34.1 Å². The van der Waals surface area contributed by atoms with Gasteiger partial charge in [0.2, 0.25) is 0 Å². The summed E-state index contributed by atoms with van der Waals surface area (Å²) in [5, 5.41) is 2.31. The van der Waals surface area contributed by atoms with Gasteiger partial charge in [-0.1, -0.05) is 48.5 Å². The van der Waals surface area contributed by atoms with Crippen molar-refractivity contribution in [3.05, 3.63) is 106 Å². The number of methoxy groups -OCH3 is 1. The Morgan fingerprint density at radius 2 is 1.72 bits per heavy atom. The summed E-state index contributed by atoms with van der Waals surface area (Å²) < 4.78 is 7.56. The Bertz CT molecular complexity index is 1440. The van der Waals surface area contributed by atoms with Crippen molar-refractivity contribution in [1.29, 1.82) is 0 Å². The van der Waals surface area contributed by atoms with Gasteiger partial charge in [-0.05, 0) is 35.4 Å². The maximum Gasteiger partial charge on any atom is 0.259 e. The van der Waals surface area contributed by atoms with E-state index in [4.69, 9.17) is 4.74 Å². The number of aromatic nitrogens is 2. The molecule has 2 aromatic heterocycles. The van der Waals surface area contributed by atoms with Crippen molar-refractivity contribution in [3.8, 4) is 0 Å². The van der Waals surface area contributed by atoms with Gasteiger partial charge in [0, 0.05) is 57.8 Å². The van der Waals surface area contributed by atoms with Gasteiger partial charge >= 0.3 is 0 Å². The lowest BCUT2D eigenvalue weighted by molar-refractivity contribution is 0.0738. The predicted molar refractivity (Wildman–Crippen MR) is 142 cm³/mol. The number of hydrogen-bond donors (Lipinski definition) is 0. The number of rotatable bonds is 6. The number of fused-ring (bicyclic) bond motifs is 1. The monoisotopic (exact) mass is 482 g/mol. The number of nitrogens with zero attached hydrogens (tertiary/aromatic N) is 4. The highest BCUT2D eigenvalue weighted by molar-refractivity contribution is 5.95. The molecule has 1 aliphatic rings. The van der Waals surface area contributed by atoms with Crippen LogP contribution in [-0.2, 0) is 17.9 Å². The third-order valence-electron chi connectivity index (χ3n) is 6.87. The number of carbonyl (C=O) groups excluding carboxylic acids is 1. The van der Waals surface area contributed by atoms with Crippen LogP contribution >= 0.6 is 0 Å². The first-order chi connectivity index (χ1) is 17.6. The van der Waals surface area contributed by atoms with Crippen LogP contribution < -0.4 is 10.3 Å². The Balaban J connectivity index is 1.47. The molecular weight excluding hydrogens is 452 g/mol. The van der Waals surface area contributed by atoms with Gasteiger partial charge in [0.15, 0.2) is 5.43 Å². The normalized spacial score (nSPS) is 13.8. The maximum absolute atomic E-state index is 13.7. The molecule has 1 saturated heterocycles. The van der Waals surface area contributed by atoms with E-state index in [9.17, 15) is 9.59 Å². The highest BCUT2D eigenvalue weighted by atomic mass is 16.5. The average molecular weight is 483 g/mol. The number of hydrogen-bond acceptors (Lipinski definition) is 5. The fourth-order valence-corrected chi connectivity index (χ4v) is 5.00. The van der Waals surface area contributed by atoms with Crippen LogP contribution in [0.1, 0.15) is 27.3 Å². The van der Waals surface area contributed by atoms with E-state index in [0.717, 1.165) is 27.8 Å². The minimum atomic E-state index is -0.258. The van der Waals surface area contributed by atoms with Crippen molar-refractivity contribution in [2.75, 3.05) is 38.2 Å². The lowest BCUT2D eigenvalue weighted by atomic mass is 10.0. The third kappa shape index (κ3) is 4.62. The second kappa shape index (κ2) is 10.3. The summed E-state index contributed by atoms with van der Waals surface area (Å²) in [6, 6.07) is 21.9. The summed E-state index contributed by atoms with van der Waals surface area (Å²) in [6.07, 6.45) is 1.77. The topological polar surface area (TPSA) is 67.7 Å². The van der Waals surface area contributed by atoms with Crippen LogP contribution in [0.3, 0.4) is 0 Å². The van der Waals surface area contributed by atoms with Crippen LogP contribution in [0.2, 0.25) is 0 Å². The fraction of sp³-hybridized carbons (Fsp3) is 0.276. The van der Waals surface area contributed by atoms with Crippen LogP contribution in [0.5, 0.6) is 0 Å². The Kier molecular flexibility index (Phi) is 6.82. The van der Waals surface area contributed by atoms with Crippen molar-refractivity contribution in [1.82, 2.24) is 14.5 Å². The van der Waals surface area contributed by atoms with Gasteiger partial charge in [-0.3, -0.25) is 9.59 Å². The molecule has 7 heteroatoms. The van der Waals surface area contributed by atoms with Crippen molar-refractivity contribution in [2.45, 2.75) is 20.1 Å². The van der Waals surface area contributed by atoms with Crippen LogP contribution in [0.25, 0.3) is 10.8 Å². The SMILES string of the molecule is COCc1c(C(=O)N2CCN(c3ccccn3)CC2)c(=O)cc(C)n1Cc1cccc2ccccc12. The molecule has 0 radical (unpaired) electrons. The first-order valence-corrected chi connectivity index (χ1v) is 12.2. The molecule has 0 spiro atoms. The molecule has 1 amide bonds. The van der Waals surface area contributed by atoms with Crippen molar-refractivity contribution < 1.29 is 9.53 Å². The van der Waals surface area contributed by atoms with Crippen LogP contribution in [0, 0.1) is 6.92 Å². The molecule has 1 aliphatic heterocycles. The summed E-state index contributed by atoms with van der Waals surface area (Å²) >= 11 is 0. The maximum atomic E-state index is 13.7. The molecule has 0 aliphatic carbocycles. The smallest absolute Gasteiger partial charge is 0.259 e. The van der Waals surface area contributed by atoms with Crippen molar-refractivity contribution in [2.24, 2.45) is 0 Å². The Hall–Kier alpha value is -3.97. The number of piperazine rings is 1. The zero-order chi connectivity index (χ0) is 25.1. The van der Waals surface area contributed by atoms with Gasteiger partial charge < -0.3 is 19.1 Å². The van der Waals surface area contributed by atoms with Crippen LogP contribution in [-0.4, -0.2) is 53.6 Å². The molecule has 7 nitrogen and oxygen atoms in total. The van der Waals surface area contributed by atoms with Crippen molar-refractivity contribution in [3.63, 3.8) is 0 Å². The molecule has 5 rings (SSSR count). The molecule has 184 valence electrons. The first-order valence-electron chi connectivity index (χ1n) is 12.2. The molecular formula is C29H30N4O3. The highest BCUT2D eigenvalue weighted by Gasteiger charge is 2.28. The van der Waals surface area contributed by atoms with Crippen LogP contribution in [0.4, 0.5) is 5.82 Å². The summed E-state index contributed by atoms with van der Waals surface area (Å²) in [4.78, 5) is 35.2.